The molecule has 0 saturated heterocycles. The van der Waals surface area contributed by atoms with Crippen LogP contribution in [0.15, 0.2) is 83.3 Å². The monoisotopic (exact) mass is 543 g/mol. The minimum absolute atomic E-state index is 0.277. The minimum Gasteiger partial charge on any atom is -0.497 e. The number of aryl methyl sites for hydroxylation is 1. The van der Waals surface area contributed by atoms with E-state index in [1.54, 1.807) is 31.4 Å². The van der Waals surface area contributed by atoms with Crippen LogP contribution in [0.1, 0.15) is 29.9 Å². The fraction of sp³-hybridized carbons (Fsp3) is 0.250. The van der Waals surface area contributed by atoms with Crippen LogP contribution >= 0.6 is 0 Å². The second-order valence-electron chi connectivity index (χ2n) is 8.97. The summed E-state index contributed by atoms with van der Waals surface area (Å²) in [4.78, 5) is 16.5. The fourth-order valence-electron chi connectivity index (χ4n) is 4.10. The molecule has 0 aliphatic heterocycles. The Bertz CT molecular complexity index is 1430. The van der Waals surface area contributed by atoms with Gasteiger partial charge in [0.15, 0.2) is 17.6 Å². The lowest BCUT2D eigenvalue weighted by Gasteiger charge is -2.16. The van der Waals surface area contributed by atoms with E-state index in [4.69, 9.17) is 23.4 Å². The molecule has 0 saturated carbocycles. The van der Waals surface area contributed by atoms with Gasteiger partial charge in [0.25, 0.3) is 0 Å². The summed E-state index contributed by atoms with van der Waals surface area (Å²) in [5, 5.41) is 9.67. The highest BCUT2D eigenvalue weighted by Gasteiger charge is 2.20. The Hall–Kier alpha value is -4.72. The number of aliphatic carboxylic acids is 1. The Morgan fingerprint density at radius 2 is 1.73 bits per heavy atom. The van der Waals surface area contributed by atoms with Crippen molar-refractivity contribution >= 4 is 12.0 Å². The summed E-state index contributed by atoms with van der Waals surface area (Å²) >= 11 is 0. The molecule has 4 rings (SSSR count). The first-order valence-corrected chi connectivity index (χ1v) is 13.0. The van der Waals surface area contributed by atoms with Crippen molar-refractivity contribution in [3.63, 3.8) is 0 Å². The summed E-state index contributed by atoms with van der Waals surface area (Å²) in [6, 6.07) is 22.3. The standard InChI is InChI=1S/C32H33NO7/c1-22-26(33-31(39-22)23-11-5-4-6-12-23)19-20-38-27-18-17-25(36-2)21-24(27)13-7-8-16-30(32(34)35)40-29-15-10-9-14-28(29)37-3/h4-7,9-15,17-18,21,30H,8,16,19-20H2,1-3H3,(H,34,35). The van der Waals surface area contributed by atoms with Gasteiger partial charge in [-0.05, 0) is 62.2 Å². The van der Waals surface area contributed by atoms with Crippen molar-refractivity contribution in [1.82, 2.24) is 4.98 Å². The van der Waals surface area contributed by atoms with E-state index in [-0.39, 0.29) is 6.42 Å². The summed E-state index contributed by atoms with van der Waals surface area (Å²) in [7, 11) is 3.12. The number of oxazole rings is 1. The maximum atomic E-state index is 11.8. The molecule has 1 atom stereocenters. The number of hydrogen-bond acceptors (Lipinski definition) is 7. The zero-order valence-corrected chi connectivity index (χ0v) is 22.8. The van der Waals surface area contributed by atoms with Gasteiger partial charge >= 0.3 is 5.97 Å². The van der Waals surface area contributed by atoms with Crippen LogP contribution in [0.3, 0.4) is 0 Å². The number of aromatic nitrogens is 1. The van der Waals surface area contributed by atoms with E-state index in [1.165, 1.54) is 7.11 Å². The molecule has 0 bridgehead atoms. The Kier molecular flexibility index (Phi) is 9.83. The van der Waals surface area contributed by atoms with Crippen molar-refractivity contribution in [2.75, 3.05) is 20.8 Å². The first kappa shape index (κ1) is 28.3. The molecule has 0 radical (unpaired) electrons. The number of hydrogen-bond donors (Lipinski definition) is 1. The minimum atomic E-state index is -1.04. The van der Waals surface area contributed by atoms with Gasteiger partial charge in [-0.25, -0.2) is 9.78 Å². The molecule has 1 N–H and O–H groups in total. The largest absolute Gasteiger partial charge is 0.497 e. The third-order valence-electron chi connectivity index (χ3n) is 6.23. The molecule has 0 amide bonds. The average Bonchev–Trinajstić information content (AvgIpc) is 3.35. The smallest absolute Gasteiger partial charge is 0.344 e. The molecule has 1 unspecified atom stereocenters. The predicted octanol–water partition coefficient (Wildman–Crippen LogP) is 6.61. The van der Waals surface area contributed by atoms with Crippen molar-refractivity contribution in [3.05, 3.63) is 95.9 Å². The Morgan fingerprint density at radius 3 is 2.45 bits per heavy atom. The average molecular weight is 544 g/mol. The molecule has 4 aromatic rings. The van der Waals surface area contributed by atoms with Crippen molar-refractivity contribution in [3.8, 4) is 34.5 Å². The molecule has 208 valence electrons. The predicted molar refractivity (Wildman–Crippen MR) is 152 cm³/mol. The number of carbonyl (C=O) groups is 1. The van der Waals surface area contributed by atoms with Crippen LogP contribution in [-0.4, -0.2) is 43.0 Å². The van der Waals surface area contributed by atoms with Crippen molar-refractivity contribution in [2.24, 2.45) is 0 Å². The highest BCUT2D eigenvalue weighted by atomic mass is 16.5. The third-order valence-corrected chi connectivity index (χ3v) is 6.23. The Labute approximate surface area is 233 Å². The van der Waals surface area contributed by atoms with Crippen molar-refractivity contribution in [2.45, 2.75) is 32.3 Å². The molecular formula is C32H33NO7. The lowest BCUT2D eigenvalue weighted by atomic mass is 10.1. The zero-order chi connectivity index (χ0) is 28.3. The molecule has 0 aliphatic rings. The third kappa shape index (κ3) is 7.44. The topological polar surface area (TPSA) is 100 Å². The van der Waals surface area contributed by atoms with E-state index in [9.17, 15) is 9.90 Å². The molecule has 8 nitrogen and oxygen atoms in total. The highest BCUT2D eigenvalue weighted by Crippen LogP contribution is 2.29. The Morgan fingerprint density at radius 1 is 0.975 bits per heavy atom. The number of nitrogens with zero attached hydrogens (tertiary/aromatic N) is 1. The lowest BCUT2D eigenvalue weighted by Crippen LogP contribution is -2.26. The van der Waals surface area contributed by atoms with E-state index < -0.39 is 12.1 Å². The lowest BCUT2D eigenvalue weighted by molar-refractivity contribution is -0.145. The summed E-state index contributed by atoms with van der Waals surface area (Å²) in [6.07, 6.45) is 4.11. The van der Waals surface area contributed by atoms with Gasteiger partial charge in [-0.1, -0.05) is 42.5 Å². The van der Waals surface area contributed by atoms with E-state index >= 15 is 0 Å². The van der Waals surface area contributed by atoms with Crippen LogP contribution in [-0.2, 0) is 11.2 Å². The van der Waals surface area contributed by atoms with Gasteiger partial charge in [-0.15, -0.1) is 0 Å². The maximum absolute atomic E-state index is 11.8. The van der Waals surface area contributed by atoms with Crippen LogP contribution in [0, 0.1) is 6.92 Å². The van der Waals surface area contributed by atoms with Gasteiger partial charge in [0.1, 0.15) is 17.3 Å². The number of methoxy groups -OCH3 is 2. The number of ether oxygens (including phenoxy) is 4. The zero-order valence-electron chi connectivity index (χ0n) is 22.8. The summed E-state index contributed by atoms with van der Waals surface area (Å²) in [5.74, 6) is 2.57. The fourth-order valence-corrected chi connectivity index (χ4v) is 4.10. The second kappa shape index (κ2) is 13.9. The van der Waals surface area contributed by atoms with Gasteiger partial charge < -0.3 is 28.5 Å². The van der Waals surface area contributed by atoms with E-state index in [0.717, 1.165) is 22.6 Å². The van der Waals surface area contributed by atoms with Crippen LogP contribution < -0.4 is 18.9 Å². The normalized spacial score (nSPS) is 11.8. The van der Waals surface area contributed by atoms with E-state index in [2.05, 4.69) is 4.98 Å². The number of carboxylic acid groups (broad SMARTS) is 1. The van der Waals surface area contributed by atoms with Crippen LogP contribution in [0.4, 0.5) is 0 Å². The highest BCUT2D eigenvalue weighted by molar-refractivity contribution is 5.73. The van der Waals surface area contributed by atoms with Gasteiger partial charge in [0, 0.05) is 17.5 Å². The van der Waals surface area contributed by atoms with Gasteiger partial charge in [-0.2, -0.15) is 0 Å². The SMILES string of the molecule is COc1ccc(OCCc2nc(-c3ccccc3)oc2C)c(C=CCCC(Oc2ccccc2OC)C(=O)O)c1. The molecule has 3 aromatic carbocycles. The Balaban J connectivity index is 1.38. The quantitative estimate of drug-likeness (QED) is 0.190. The number of rotatable bonds is 14. The van der Waals surface area contributed by atoms with Crippen LogP contribution in [0.5, 0.6) is 23.0 Å². The number of para-hydroxylation sites is 2. The number of allylic oxidation sites excluding steroid dienone is 1. The van der Waals surface area contributed by atoms with Crippen LogP contribution in [0.25, 0.3) is 17.5 Å². The molecule has 1 aromatic heterocycles. The summed E-state index contributed by atoms with van der Waals surface area (Å²) in [5.41, 5.74) is 2.59. The second-order valence-corrected chi connectivity index (χ2v) is 8.97. The van der Waals surface area contributed by atoms with Crippen molar-refractivity contribution < 1.29 is 33.3 Å². The van der Waals surface area contributed by atoms with Crippen molar-refractivity contribution in [1.29, 1.82) is 0 Å². The molecule has 40 heavy (non-hydrogen) atoms. The summed E-state index contributed by atoms with van der Waals surface area (Å²) < 4.78 is 28.3. The number of carboxylic acids is 1. The summed E-state index contributed by atoms with van der Waals surface area (Å²) in [6.45, 7) is 2.31. The molecule has 1 heterocycles. The maximum Gasteiger partial charge on any atom is 0.344 e. The molecule has 0 aliphatic carbocycles. The molecule has 0 fully saturated rings. The van der Waals surface area contributed by atoms with Gasteiger partial charge in [0.05, 0.1) is 26.5 Å². The van der Waals surface area contributed by atoms with Gasteiger partial charge in [-0.3, -0.25) is 0 Å². The molecular weight excluding hydrogens is 510 g/mol. The number of benzene rings is 3. The molecule has 0 spiro atoms. The first-order chi connectivity index (χ1) is 19.5. The first-order valence-electron chi connectivity index (χ1n) is 13.0. The van der Waals surface area contributed by atoms with E-state index in [0.29, 0.717) is 48.3 Å². The molecule has 8 heteroatoms. The van der Waals surface area contributed by atoms with Crippen LogP contribution in [0.2, 0.25) is 0 Å². The van der Waals surface area contributed by atoms with E-state index in [1.807, 2.05) is 67.6 Å². The van der Waals surface area contributed by atoms with Gasteiger partial charge in [0.2, 0.25) is 5.89 Å².